The summed E-state index contributed by atoms with van der Waals surface area (Å²) in [5, 5.41) is 0. The quantitative estimate of drug-likeness (QED) is 0.706. The average Bonchev–Trinajstić information content (AvgIpc) is 2.58. The molecule has 0 aliphatic carbocycles. The second-order valence-corrected chi connectivity index (χ2v) is 4.32. The number of carbonyl (C=O) groups excluding carboxylic acids is 1. The molecule has 1 aliphatic heterocycles. The SMILES string of the molecule is COCCC(=O)N1CCC(C)(CN)C1. The van der Waals surface area contributed by atoms with Crippen molar-refractivity contribution in [2.75, 3.05) is 33.4 Å². The number of amides is 1. The summed E-state index contributed by atoms with van der Waals surface area (Å²) in [7, 11) is 1.61. The lowest BCUT2D eigenvalue weighted by atomic mass is 9.90. The maximum absolute atomic E-state index is 11.6. The summed E-state index contributed by atoms with van der Waals surface area (Å²) in [6, 6.07) is 0. The molecule has 4 nitrogen and oxygen atoms in total. The van der Waals surface area contributed by atoms with E-state index >= 15 is 0 Å². The van der Waals surface area contributed by atoms with Gasteiger partial charge in [-0.1, -0.05) is 6.92 Å². The van der Waals surface area contributed by atoms with Crippen LogP contribution in [-0.2, 0) is 9.53 Å². The van der Waals surface area contributed by atoms with Crippen molar-refractivity contribution in [3.63, 3.8) is 0 Å². The van der Waals surface area contributed by atoms with Crippen molar-refractivity contribution in [1.82, 2.24) is 4.90 Å². The van der Waals surface area contributed by atoms with E-state index in [0.717, 1.165) is 19.5 Å². The predicted octanol–water partition coefficient (Wildman–Crippen LogP) is 0.220. The fourth-order valence-electron chi connectivity index (χ4n) is 1.75. The third-order valence-electron chi connectivity index (χ3n) is 2.92. The van der Waals surface area contributed by atoms with Gasteiger partial charge in [-0.25, -0.2) is 0 Å². The smallest absolute Gasteiger partial charge is 0.224 e. The monoisotopic (exact) mass is 200 g/mol. The molecule has 2 N–H and O–H groups in total. The Morgan fingerprint density at radius 3 is 2.86 bits per heavy atom. The molecule has 14 heavy (non-hydrogen) atoms. The lowest BCUT2D eigenvalue weighted by Gasteiger charge is -2.22. The zero-order valence-electron chi connectivity index (χ0n) is 9.08. The van der Waals surface area contributed by atoms with Crippen LogP contribution in [0.4, 0.5) is 0 Å². The number of methoxy groups -OCH3 is 1. The summed E-state index contributed by atoms with van der Waals surface area (Å²) in [5.74, 6) is 0.184. The van der Waals surface area contributed by atoms with Crippen LogP contribution in [0.15, 0.2) is 0 Å². The zero-order chi connectivity index (χ0) is 10.6. The fraction of sp³-hybridized carbons (Fsp3) is 0.900. The molecule has 0 spiro atoms. The number of carbonyl (C=O) groups is 1. The molecule has 4 heteroatoms. The Morgan fingerprint density at radius 2 is 2.36 bits per heavy atom. The van der Waals surface area contributed by atoms with E-state index in [9.17, 15) is 4.79 Å². The topological polar surface area (TPSA) is 55.6 Å². The average molecular weight is 200 g/mol. The minimum atomic E-state index is 0.128. The first-order valence-corrected chi connectivity index (χ1v) is 5.08. The van der Waals surface area contributed by atoms with Gasteiger partial charge in [-0.05, 0) is 18.4 Å². The lowest BCUT2D eigenvalue weighted by molar-refractivity contribution is -0.131. The van der Waals surface area contributed by atoms with Gasteiger partial charge in [0.1, 0.15) is 0 Å². The van der Waals surface area contributed by atoms with Crippen molar-refractivity contribution in [3.8, 4) is 0 Å². The molecule has 1 heterocycles. The molecule has 0 saturated carbocycles. The maximum Gasteiger partial charge on any atom is 0.224 e. The van der Waals surface area contributed by atoms with Crippen LogP contribution >= 0.6 is 0 Å². The molecule has 1 aliphatic rings. The first kappa shape index (κ1) is 11.5. The summed E-state index contributed by atoms with van der Waals surface area (Å²) < 4.78 is 4.88. The van der Waals surface area contributed by atoms with Gasteiger partial charge in [-0.2, -0.15) is 0 Å². The van der Waals surface area contributed by atoms with E-state index in [1.165, 1.54) is 0 Å². The second kappa shape index (κ2) is 4.75. The Hall–Kier alpha value is -0.610. The lowest BCUT2D eigenvalue weighted by Crippen LogP contribution is -2.34. The van der Waals surface area contributed by atoms with E-state index in [2.05, 4.69) is 6.92 Å². The standard InChI is InChI=1S/C10H20N2O2/c1-10(7-11)4-5-12(8-10)9(13)3-6-14-2/h3-8,11H2,1-2H3. The molecular formula is C10H20N2O2. The number of nitrogens with two attached hydrogens (primary N) is 1. The van der Waals surface area contributed by atoms with Gasteiger partial charge in [0.05, 0.1) is 13.0 Å². The molecular weight excluding hydrogens is 180 g/mol. The van der Waals surface area contributed by atoms with Crippen LogP contribution in [0, 0.1) is 5.41 Å². The summed E-state index contributed by atoms with van der Waals surface area (Å²) in [4.78, 5) is 13.5. The Morgan fingerprint density at radius 1 is 1.64 bits per heavy atom. The Bertz CT molecular complexity index is 208. The number of likely N-dealkylation sites (tertiary alicyclic amines) is 1. The molecule has 1 saturated heterocycles. The van der Waals surface area contributed by atoms with Crippen LogP contribution in [0.3, 0.4) is 0 Å². The Kier molecular flexibility index (Phi) is 3.89. The molecule has 0 radical (unpaired) electrons. The largest absolute Gasteiger partial charge is 0.384 e. The molecule has 0 bridgehead atoms. The highest BCUT2D eigenvalue weighted by Gasteiger charge is 2.34. The van der Waals surface area contributed by atoms with Crippen molar-refractivity contribution in [2.45, 2.75) is 19.8 Å². The van der Waals surface area contributed by atoms with Crippen molar-refractivity contribution >= 4 is 5.91 Å². The minimum absolute atomic E-state index is 0.128. The molecule has 0 aromatic heterocycles. The molecule has 1 unspecified atom stereocenters. The van der Waals surface area contributed by atoms with Gasteiger partial charge >= 0.3 is 0 Å². The van der Waals surface area contributed by atoms with Gasteiger partial charge in [0, 0.05) is 20.2 Å². The highest BCUT2D eigenvalue weighted by Crippen LogP contribution is 2.28. The minimum Gasteiger partial charge on any atom is -0.384 e. The third kappa shape index (κ3) is 2.69. The molecule has 1 rings (SSSR count). The normalized spacial score (nSPS) is 26.9. The molecule has 1 amide bonds. The number of hydrogen-bond donors (Lipinski definition) is 1. The van der Waals surface area contributed by atoms with Crippen molar-refractivity contribution in [3.05, 3.63) is 0 Å². The molecule has 1 atom stereocenters. The zero-order valence-corrected chi connectivity index (χ0v) is 9.08. The predicted molar refractivity (Wildman–Crippen MR) is 54.9 cm³/mol. The molecule has 0 aromatic rings. The third-order valence-corrected chi connectivity index (χ3v) is 2.92. The summed E-state index contributed by atoms with van der Waals surface area (Å²) >= 11 is 0. The summed E-state index contributed by atoms with van der Waals surface area (Å²) in [6.07, 6.45) is 1.50. The van der Waals surface area contributed by atoms with Crippen LogP contribution < -0.4 is 5.73 Å². The number of hydrogen-bond acceptors (Lipinski definition) is 3. The maximum atomic E-state index is 11.6. The first-order valence-electron chi connectivity index (χ1n) is 5.08. The number of ether oxygens (including phenoxy) is 1. The van der Waals surface area contributed by atoms with Gasteiger partial charge in [-0.3, -0.25) is 4.79 Å². The van der Waals surface area contributed by atoms with Gasteiger partial charge in [0.25, 0.3) is 0 Å². The summed E-state index contributed by atoms with van der Waals surface area (Å²) in [5.41, 5.74) is 5.80. The highest BCUT2D eigenvalue weighted by molar-refractivity contribution is 5.76. The molecule has 1 fully saturated rings. The van der Waals surface area contributed by atoms with E-state index in [1.54, 1.807) is 7.11 Å². The van der Waals surface area contributed by atoms with E-state index in [0.29, 0.717) is 19.6 Å². The molecule has 82 valence electrons. The van der Waals surface area contributed by atoms with Crippen molar-refractivity contribution in [2.24, 2.45) is 11.1 Å². The Balaban J connectivity index is 2.38. The van der Waals surface area contributed by atoms with E-state index in [4.69, 9.17) is 10.5 Å². The van der Waals surface area contributed by atoms with Crippen LogP contribution in [-0.4, -0.2) is 44.2 Å². The number of nitrogens with zero attached hydrogens (tertiary/aromatic N) is 1. The van der Waals surface area contributed by atoms with Crippen LogP contribution in [0.1, 0.15) is 19.8 Å². The van der Waals surface area contributed by atoms with Crippen LogP contribution in [0.25, 0.3) is 0 Å². The van der Waals surface area contributed by atoms with Crippen molar-refractivity contribution < 1.29 is 9.53 Å². The fourth-order valence-corrected chi connectivity index (χ4v) is 1.75. The Labute approximate surface area is 85.4 Å². The first-order chi connectivity index (χ1) is 6.61. The van der Waals surface area contributed by atoms with Crippen molar-refractivity contribution in [1.29, 1.82) is 0 Å². The summed E-state index contributed by atoms with van der Waals surface area (Å²) in [6.45, 7) is 4.94. The van der Waals surface area contributed by atoms with E-state index in [1.807, 2.05) is 4.90 Å². The van der Waals surface area contributed by atoms with Gasteiger partial charge in [0.2, 0.25) is 5.91 Å². The van der Waals surface area contributed by atoms with Crippen LogP contribution in [0.2, 0.25) is 0 Å². The molecule has 0 aromatic carbocycles. The van der Waals surface area contributed by atoms with E-state index < -0.39 is 0 Å². The van der Waals surface area contributed by atoms with Gasteiger partial charge in [-0.15, -0.1) is 0 Å². The second-order valence-electron chi connectivity index (χ2n) is 4.32. The number of rotatable bonds is 4. The van der Waals surface area contributed by atoms with Gasteiger partial charge < -0.3 is 15.4 Å². The highest BCUT2D eigenvalue weighted by atomic mass is 16.5. The van der Waals surface area contributed by atoms with E-state index in [-0.39, 0.29) is 11.3 Å². The van der Waals surface area contributed by atoms with Crippen LogP contribution in [0.5, 0.6) is 0 Å². The van der Waals surface area contributed by atoms with Gasteiger partial charge in [0.15, 0.2) is 0 Å².